The van der Waals surface area contributed by atoms with Crippen molar-refractivity contribution >= 4 is 88.6 Å². The summed E-state index contributed by atoms with van der Waals surface area (Å²) < 4.78 is 1.67. The normalized spacial score (nSPS) is 13.8. The van der Waals surface area contributed by atoms with Crippen molar-refractivity contribution in [1.82, 2.24) is 4.98 Å². The Hall–Kier alpha value is -3.81. The molecular weight excluding hydrogens is 570 g/mol. The van der Waals surface area contributed by atoms with Gasteiger partial charge in [-0.15, -0.1) is 0 Å². The minimum Gasteiger partial charge on any atom is -0.274 e. The van der Waals surface area contributed by atoms with Crippen LogP contribution in [0.1, 0.15) is 28.1 Å². The highest BCUT2D eigenvalue weighted by Crippen LogP contribution is 2.33. The van der Waals surface area contributed by atoms with Crippen LogP contribution in [0, 0.1) is 10.1 Å². The predicted molar refractivity (Wildman–Crippen MR) is 141 cm³/mol. The molecule has 13 heteroatoms. The number of nitro groups is 1. The lowest BCUT2D eigenvalue weighted by molar-refractivity contribution is -0.380. The van der Waals surface area contributed by atoms with Crippen molar-refractivity contribution in [3.05, 3.63) is 79.6 Å². The molecule has 4 aromatic rings. The maximum atomic E-state index is 13.6. The van der Waals surface area contributed by atoms with E-state index < -0.39 is 10.8 Å². The number of carbonyl (C=O) groups excluding carboxylic acids is 3. The van der Waals surface area contributed by atoms with Crippen LogP contribution in [-0.4, -0.2) is 33.8 Å². The van der Waals surface area contributed by atoms with Crippen molar-refractivity contribution < 1.29 is 19.3 Å². The number of aromatic nitrogens is 1. The Morgan fingerprint density at radius 3 is 2.61 bits per heavy atom. The molecule has 1 aliphatic heterocycles. The quantitative estimate of drug-likeness (QED) is 0.130. The van der Waals surface area contributed by atoms with E-state index in [0.29, 0.717) is 16.1 Å². The number of hydrogen-bond donors (Lipinski definition) is 0. The van der Waals surface area contributed by atoms with E-state index in [9.17, 15) is 24.5 Å². The van der Waals surface area contributed by atoms with Gasteiger partial charge in [0.2, 0.25) is 16.9 Å². The molecule has 3 amide bonds. The number of carbonyl (C=O) groups is 3. The standard InChI is InChI=1S/C23H14BrN5O5S2/c24-14-4-6-17-18(11-14)36-23(26-17)28(25-12-16-5-9-21(35-16)29(33)34)22(32)13-2-1-3-15(10-13)27-19(30)7-8-20(27)31/h1-6,9-12H,7-8H2/b25-12+. The fraction of sp³-hybridized carbons (Fsp3) is 0.0870. The van der Waals surface area contributed by atoms with E-state index in [2.05, 4.69) is 26.0 Å². The summed E-state index contributed by atoms with van der Waals surface area (Å²) in [6, 6.07) is 14.6. The smallest absolute Gasteiger partial charge is 0.274 e. The number of hydrazone groups is 1. The molecule has 1 fully saturated rings. The molecule has 2 aromatic carbocycles. The Balaban J connectivity index is 1.54. The average molecular weight is 584 g/mol. The van der Waals surface area contributed by atoms with Crippen LogP contribution in [0.5, 0.6) is 0 Å². The molecule has 0 saturated carbocycles. The lowest BCUT2D eigenvalue weighted by Gasteiger charge is -2.17. The van der Waals surface area contributed by atoms with E-state index >= 15 is 0 Å². The summed E-state index contributed by atoms with van der Waals surface area (Å²) in [5.41, 5.74) is 1.16. The fourth-order valence-corrected chi connectivity index (χ4v) is 5.72. The molecule has 3 heterocycles. The third-order valence-corrected chi connectivity index (χ3v) is 7.67. The molecule has 0 spiro atoms. The average Bonchev–Trinajstić information content (AvgIpc) is 3.57. The Bertz CT molecular complexity index is 1560. The molecule has 0 atom stereocenters. The van der Waals surface area contributed by atoms with E-state index in [4.69, 9.17) is 0 Å². The molecule has 0 N–H and O–H groups in total. The van der Waals surface area contributed by atoms with Gasteiger partial charge >= 0.3 is 5.00 Å². The van der Waals surface area contributed by atoms with Crippen LogP contribution in [0.4, 0.5) is 15.8 Å². The third-order valence-electron chi connectivity index (χ3n) is 5.21. The first-order valence-electron chi connectivity index (χ1n) is 10.4. The van der Waals surface area contributed by atoms with Crippen LogP contribution in [0.2, 0.25) is 0 Å². The molecule has 0 unspecified atom stereocenters. The molecule has 0 radical (unpaired) electrons. The van der Waals surface area contributed by atoms with Gasteiger partial charge in [0.15, 0.2) is 0 Å². The number of nitrogens with zero attached hydrogens (tertiary/aromatic N) is 5. The van der Waals surface area contributed by atoms with Gasteiger partial charge in [-0.25, -0.2) is 4.98 Å². The summed E-state index contributed by atoms with van der Waals surface area (Å²) in [4.78, 5) is 54.6. The number of amides is 3. The summed E-state index contributed by atoms with van der Waals surface area (Å²) >= 11 is 5.59. The minimum atomic E-state index is -0.545. The number of thiophene rings is 1. The zero-order valence-electron chi connectivity index (χ0n) is 18.2. The topological polar surface area (TPSA) is 126 Å². The van der Waals surface area contributed by atoms with E-state index in [1.54, 1.807) is 24.3 Å². The first kappa shape index (κ1) is 23.9. The van der Waals surface area contributed by atoms with Gasteiger partial charge in [-0.2, -0.15) is 10.1 Å². The number of fused-ring (bicyclic) bond motifs is 1. The number of hydrogen-bond acceptors (Lipinski definition) is 9. The van der Waals surface area contributed by atoms with Gasteiger partial charge in [0.25, 0.3) is 5.91 Å². The lowest BCUT2D eigenvalue weighted by Crippen LogP contribution is -2.29. The summed E-state index contributed by atoms with van der Waals surface area (Å²) in [5, 5.41) is 16.7. The Morgan fingerprint density at radius 1 is 1.11 bits per heavy atom. The van der Waals surface area contributed by atoms with Crippen LogP contribution < -0.4 is 9.91 Å². The predicted octanol–water partition coefficient (Wildman–Crippen LogP) is 5.36. The first-order valence-corrected chi connectivity index (χ1v) is 12.9. The van der Waals surface area contributed by atoms with E-state index in [-0.39, 0.29) is 40.4 Å². The van der Waals surface area contributed by atoms with Gasteiger partial charge in [-0.05, 0) is 42.5 Å². The second-order valence-corrected chi connectivity index (χ2v) is 10.6. The van der Waals surface area contributed by atoms with Crippen LogP contribution in [0.3, 0.4) is 0 Å². The molecule has 2 aromatic heterocycles. The Labute approximate surface area is 219 Å². The maximum Gasteiger partial charge on any atom is 0.324 e. The van der Waals surface area contributed by atoms with Crippen LogP contribution in [0.15, 0.2) is 64.2 Å². The summed E-state index contributed by atoms with van der Waals surface area (Å²) in [6.07, 6.45) is 1.61. The van der Waals surface area contributed by atoms with Gasteiger partial charge in [-0.1, -0.05) is 44.7 Å². The van der Waals surface area contributed by atoms with Crippen molar-refractivity contribution in [3.8, 4) is 0 Å². The van der Waals surface area contributed by atoms with Gasteiger partial charge in [-0.3, -0.25) is 29.4 Å². The van der Waals surface area contributed by atoms with Crippen molar-refractivity contribution in [2.75, 3.05) is 9.91 Å². The van der Waals surface area contributed by atoms with Crippen LogP contribution in [0.25, 0.3) is 10.2 Å². The molecular formula is C23H14BrN5O5S2. The SMILES string of the molecule is O=C(c1cccc(N2C(=O)CCC2=O)c1)N(/N=C/c1ccc([N+](=O)[O-])s1)c1nc2ccc(Br)cc2s1. The molecule has 0 aliphatic carbocycles. The summed E-state index contributed by atoms with van der Waals surface area (Å²) in [7, 11) is 0. The molecule has 5 rings (SSSR count). The maximum absolute atomic E-state index is 13.6. The zero-order chi connectivity index (χ0) is 25.4. The van der Waals surface area contributed by atoms with Gasteiger partial charge in [0, 0.05) is 28.9 Å². The molecule has 180 valence electrons. The molecule has 36 heavy (non-hydrogen) atoms. The van der Waals surface area contributed by atoms with Crippen molar-refractivity contribution in [1.29, 1.82) is 0 Å². The largest absolute Gasteiger partial charge is 0.324 e. The van der Waals surface area contributed by atoms with Crippen LogP contribution in [-0.2, 0) is 9.59 Å². The highest BCUT2D eigenvalue weighted by molar-refractivity contribution is 9.10. The van der Waals surface area contributed by atoms with Crippen LogP contribution >= 0.6 is 38.6 Å². The summed E-state index contributed by atoms with van der Waals surface area (Å²) in [6.45, 7) is 0. The lowest BCUT2D eigenvalue weighted by atomic mass is 10.1. The second-order valence-electron chi connectivity index (χ2n) is 7.58. The van der Waals surface area contributed by atoms with Crippen molar-refractivity contribution in [2.45, 2.75) is 12.8 Å². The number of anilines is 2. The third kappa shape index (κ3) is 4.67. The first-order chi connectivity index (χ1) is 17.3. The number of rotatable bonds is 6. The summed E-state index contributed by atoms with van der Waals surface area (Å²) in [5.74, 6) is -1.19. The molecule has 1 aliphatic rings. The highest BCUT2D eigenvalue weighted by Gasteiger charge is 2.31. The van der Waals surface area contributed by atoms with E-state index in [1.807, 2.05) is 12.1 Å². The fourth-order valence-electron chi connectivity index (χ4n) is 3.55. The Morgan fingerprint density at radius 2 is 1.89 bits per heavy atom. The molecule has 1 saturated heterocycles. The van der Waals surface area contributed by atoms with E-state index in [1.165, 1.54) is 35.8 Å². The van der Waals surface area contributed by atoms with Gasteiger partial charge < -0.3 is 0 Å². The number of benzene rings is 2. The molecule has 10 nitrogen and oxygen atoms in total. The van der Waals surface area contributed by atoms with Gasteiger partial charge in [0.05, 0.1) is 31.9 Å². The monoisotopic (exact) mass is 583 g/mol. The highest BCUT2D eigenvalue weighted by atomic mass is 79.9. The molecule has 0 bridgehead atoms. The van der Waals surface area contributed by atoms with Crippen molar-refractivity contribution in [2.24, 2.45) is 5.10 Å². The van der Waals surface area contributed by atoms with E-state index in [0.717, 1.165) is 30.4 Å². The Kier molecular flexibility index (Phi) is 6.43. The van der Waals surface area contributed by atoms with Crippen molar-refractivity contribution in [3.63, 3.8) is 0 Å². The number of halogens is 1. The zero-order valence-corrected chi connectivity index (χ0v) is 21.4. The second kappa shape index (κ2) is 9.68. The number of imide groups is 1. The minimum absolute atomic E-state index is 0.0492. The number of thiazole rings is 1. The van der Waals surface area contributed by atoms with Gasteiger partial charge in [0.1, 0.15) is 0 Å².